The van der Waals surface area contributed by atoms with E-state index >= 15 is 0 Å². The molecule has 1 aromatic heterocycles. The Kier molecular flexibility index (Phi) is 8.23. The molecule has 208 valence electrons. The number of hydrogen-bond donors (Lipinski definition) is 3. The molecule has 1 saturated carbocycles. The summed E-state index contributed by atoms with van der Waals surface area (Å²) in [4.78, 5) is 25.2. The molecule has 2 atom stereocenters. The van der Waals surface area contributed by atoms with E-state index in [0.29, 0.717) is 43.2 Å². The van der Waals surface area contributed by atoms with Crippen molar-refractivity contribution in [3.63, 3.8) is 0 Å². The maximum absolute atomic E-state index is 13.7. The van der Waals surface area contributed by atoms with Crippen LogP contribution in [-0.2, 0) is 38.3 Å². The summed E-state index contributed by atoms with van der Waals surface area (Å²) >= 11 is 0. The number of hydrogen-bond acceptors (Lipinski definition) is 6. The number of ether oxygens (including phenoxy) is 1. The topological polar surface area (TPSA) is 119 Å². The van der Waals surface area contributed by atoms with Crippen LogP contribution in [0.5, 0.6) is 0 Å². The number of rotatable bonds is 11. The van der Waals surface area contributed by atoms with E-state index in [2.05, 4.69) is 15.4 Å². The molecule has 0 unspecified atom stereocenters. The number of aromatic nitrogens is 1. The highest BCUT2D eigenvalue weighted by Crippen LogP contribution is 2.34. The van der Waals surface area contributed by atoms with E-state index in [4.69, 9.17) is 4.74 Å². The van der Waals surface area contributed by atoms with Gasteiger partial charge in [0, 0.05) is 29.7 Å². The first-order valence-electron chi connectivity index (χ1n) is 13.7. The second-order valence-electron chi connectivity index (χ2n) is 10.5. The fourth-order valence-electron chi connectivity index (χ4n) is 5.83. The Labute approximate surface area is 229 Å². The minimum Gasteiger partial charge on any atom is -0.461 e. The zero-order chi connectivity index (χ0) is 27.4. The highest BCUT2D eigenvalue weighted by molar-refractivity contribution is 7.91. The summed E-state index contributed by atoms with van der Waals surface area (Å²) < 4.78 is 34.9. The average molecular weight is 553 g/mol. The van der Waals surface area contributed by atoms with E-state index in [1.54, 1.807) is 10.6 Å². The van der Waals surface area contributed by atoms with Crippen LogP contribution in [0.25, 0.3) is 10.9 Å². The van der Waals surface area contributed by atoms with Gasteiger partial charge in [0.2, 0.25) is 0 Å². The van der Waals surface area contributed by atoms with Crippen LogP contribution in [-0.4, -0.2) is 50.1 Å². The predicted octanol–water partition coefficient (Wildman–Crippen LogP) is 3.72. The van der Waals surface area contributed by atoms with Crippen LogP contribution >= 0.6 is 0 Å². The van der Waals surface area contributed by atoms with Crippen molar-refractivity contribution < 1.29 is 22.7 Å². The van der Waals surface area contributed by atoms with Crippen LogP contribution in [0.1, 0.15) is 60.5 Å². The number of carbonyl (C=O) groups is 2. The van der Waals surface area contributed by atoms with Gasteiger partial charge in [0.25, 0.3) is 22.4 Å². The number of anilines is 1. The lowest BCUT2D eigenvalue weighted by Crippen LogP contribution is -2.51. The molecule has 3 aromatic rings. The smallest absolute Gasteiger partial charge is 0.293 e. The summed E-state index contributed by atoms with van der Waals surface area (Å²) in [6.07, 6.45) is 8.20. The lowest BCUT2D eigenvalue weighted by Gasteiger charge is -2.30. The van der Waals surface area contributed by atoms with E-state index < -0.39 is 22.2 Å². The molecule has 10 heteroatoms. The number of amides is 1. The summed E-state index contributed by atoms with van der Waals surface area (Å²) in [6, 6.07) is 13.0. The Balaban J connectivity index is 1.43. The lowest BCUT2D eigenvalue weighted by molar-refractivity contribution is -0.134. The predicted molar refractivity (Wildman–Crippen MR) is 151 cm³/mol. The SMILES string of the molecule is CCc1cn2c3c(cc(C(=O)N[C@@H](Cc4ccccc4)[C@@H](CNC4CCCCC4)OC=O)cc13)NS(=O)(=O)C2. The molecule has 1 aliphatic heterocycles. The summed E-state index contributed by atoms with van der Waals surface area (Å²) in [6.45, 7) is 2.87. The minimum absolute atomic E-state index is 0.153. The van der Waals surface area contributed by atoms with Crippen LogP contribution in [0.2, 0.25) is 0 Å². The number of sulfonamides is 1. The van der Waals surface area contributed by atoms with Crippen molar-refractivity contribution in [2.24, 2.45) is 0 Å². The lowest BCUT2D eigenvalue weighted by atomic mass is 9.94. The normalized spacial score (nSPS) is 18.2. The molecule has 0 radical (unpaired) electrons. The third-order valence-electron chi connectivity index (χ3n) is 7.78. The highest BCUT2D eigenvalue weighted by atomic mass is 32.2. The number of benzene rings is 2. The van der Waals surface area contributed by atoms with Crippen molar-refractivity contribution in [2.75, 3.05) is 11.3 Å². The van der Waals surface area contributed by atoms with Crippen molar-refractivity contribution in [1.29, 1.82) is 0 Å². The average Bonchev–Trinajstić information content (AvgIpc) is 3.28. The molecular weight excluding hydrogens is 516 g/mol. The quantitative estimate of drug-likeness (QED) is 0.312. The van der Waals surface area contributed by atoms with Gasteiger partial charge in [0.05, 0.1) is 17.2 Å². The van der Waals surface area contributed by atoms with Crippen LogP contribution in [0, 0.1) is 0 Å². The van der Waals surface area contributed by atoms with Crippen molar-refractivity contribution in [1.82, 2.24) is 15.2 Å². The van der Waals surface area contributed by atoms with Crippen LogP contribution in [0.3, 0.4) is 0 Å². The fourth-order valence-corrected chi connectivity index (χ4v) is 6.95. The van der Waals surface area contributed by atoms with Crippen molar-refractivity contribution >= 4 is 39.0 Å². The second-order valence-corrected chi connectivity index (χ2v) is 12.2. The van der Waals surface area contributed by atoms with Crippen LogP contribution in [0.4, 0.5) is 5.69 Å². The molecule has 0 spiro atoms. The zero-order valence-electron chi connectivity index (χ0n) is 22.2. The Bertz CT molecular complexity index is 1430. The van der Waals surface area contributed by atoms with E-state index in [-0.39, 0.29) is 11.8 Å². The Morgan fingerprint density at radius 2 is 1.95 bits per heavy atom. The van der Waals surface area contributed by atoms with Crippen molar-refractivity contribution in [3.05, 3.63) is 65.4 Å². The largest absolute Gasteiger partial charge is 0.461 e. The van der Waals surface area contributed by atoms with Gasteiger partial charge in [0.1, 0.15) is 12.0 Å². The summed E-state index contributed by atoms with van der Waals surface area (Å²) in [5.41, 5.74) is 3.49. The molecular formula is C29H36N4O5S. The van der Waals surface area contributed by atoms with Gasteiger partial charge in [-0.2, -0.15) is 0 Å². The Morgan fingerprint density at radius 3 is 2.67 bits per heavy atom. The van der Waals surface area contributed by atoms with Gasteiger partial charge in [0.15, 0.2) is 0 Å². The first-order chi connectivity index (χ1) is 18.9. The summed E-state index contributed by atoms with van der Waals surface area (Å²) in [5.74, 6) is -0.509. The molecule has 1 fully saturated rings. The molecule has 0 saturated heterocycles. The summed E-state index contributed by atoms with van der Waals surface area (Å²) in [5, 5.41) is 7.50. The first kappa shape index (κ1) is 27.2. The third kappa shape index (κ3) is 6.28. The molecule has 1 amide bonds. The number of aryl methyl sites for hydroxylation is 1. The Hall–Kier alpha value is -3.37. The Morgan fingerprint density at radius 1 is 1.18 bits per heavy atom. The molecule has 5 rings (SSSR count). The maximum Gasteiger partial charge on any atom is 0.293 e. The fraction of sp³-hybridized carbons (Fsp3) is 0.448. The van der Waals surface area contributed by atoms with E-state index in [1.165, 1.54) is 19.3 Å². The zero-order valence-corrected chi connectivity index (χ0v) is 23.0. The molecule has 3 N–H and O–H groups in total. The van der Waals surface area contributed by atoms with E-state index in [1.807, 2.05) is 49.5 Å². The number of carbonyl (C=O) groups excluding carboxylic acids is 2. The van der Waals surface area contributed by atoms with Gasteiger partial charge in [-0.15, -0.1) is 0 Å². The molecule has 0 bridgehead atoms. The molecule has 1 aliphatic carbocycles. The van der Waals surface area contributed by atoms with Gasteiger partial charge in [-0.1, -0.05) is 56.5 Å². The standard InChI is InChI=1S/C29H36N4O5S/c1-2-21-17-33-18-39(36,37)32-26-15-22(14-24(21)28(26)33)29(35)31-25(13-20-9-5-3-6-10-20)27(38-19-34)16-30-23-11-7-4-8-12-23/h3,5-6,9-10,14-15,17,19,23,25,27,30,32H,2,4,7-8,11-13,16,18H2,1H3,(H,31,35)/t25-,27+/m0/s1. The molecule has 39 heavy (non-hydrogen) atoms. The van der Waals surface area contributed by atoms with Gasteiger partial charge >= 0.3 is 0 Å². The third-order valence-corrected chi connectivity index (χ3v) is 8.93. The van der Waals surface area contributed by atoms with Crippen molar-refractivity contribution in [3.8, 4) is 0 Å². The van der Waals surface area contributed by atoms with Gasteiger partial charge < -0.3 is 19.9 Å². The van der Waals surface area contributed by atoms with Gasteiger partial charge in [-0.25, -0.2) is 8.42 Å². The summed E-state index contributed by atoms with van der Waals surface area (Å²) in [7, 11) is -3.57. The van der Waals surface area contributed by atoms with Crippen LogP contribution in [0.15, 0.2) is 48.7 Å². The van der Waals surface area contributed by atoms with Crippen LogP contribution < -0.4 is 15.4 Å². The maximum atomic E-state index is 13.7. The highest BCUT2D eigenvalue weighted by Gasteiger charge is 2.29. The minimum atomic E-state index is -3.57. The number of nitrogens with zero attached hydrogens (tertiary/aromatic N) is 1. The van der Waals surface area contributed by atoms with E-state index in [0.717, 1.165) is 34.9 Å². The van der Waals surface area contributed by atoms with E-state index in [9.17, 15) is 18.0 Å². The molecule has 2 aliphatic rings. The molecule has 2 heterocycles. The first-order valence-corrected chi connectivity index (χ1v) is 15.4. The molecule has 9 nitrogen and oxygen atoms in total. The van der Waals surface area contributed by atoms with Crippen molar-refractivity contribution in [2.45, 2.75) is 75.9 Å². The monoisotopic (exact) mass is 552 g/mol. The number of nitrogens with one attached hydrogen (secondary N) is 3. The van der Waals surface area contributed by atoms with Gasteiger partial charge in [-0.3, -0.25) is 14.3 Å². The second kappa shape index (κ2) is 11.8. The molecule has 2 aromatic carbocycles. The van der Waals surface area contributed by atoms with Gasteiger partial charge in [-0.05, 0) is 48.9 Å².